The number of anilines is 1. The summed E-state index contributed by atoms with van der Waals surface area (Å²) < 4.78 is 33.7. The topological polar surface area (TPSA) is 80.7 Å². The van der Waals surface area contributed by atoms with E-state index in [2.05, 4.69) is 67.1 Å². The Bertz CT molecular complexity index is 2220. The fourth-order valence-corrected chi connectivity index (χ4v) is 8.51. The number of hydrogen-bond acceptors (Lipinski definition) is 9. The lowest BCUT2D eigenvalue weighted by molar-refractivity contribution is -0.0789. The summed E-state index contributed by atoms with van der Waals surface area (Å²) in [6.07, 6.45) is 1.98. The molecule has 6 aromatic rings. The van der Waals surface area contributed by atoms with Crippen LogP contribution in [0.3, 0.4) is 0 Å². The second kappa shape index (κ2) is 16.2. The standard InChI is InChI=1S/C43H38BrFN2O6S/c44-31-8-6-29(7-9-31)42-41(39-17-15-37(23-40(39)54-42)50-27-28-4-2-1-3-5-28)52-35-13-11-34(12-14-35)51-36-18-20-46(21-19-36)33-24-47(25-33)32-10-16-38(43(49)53-45)30(22-32)26-48/h1-17,22-23,33,36,48H,18-21,24-27H2. The lowest BCUT2D eigenvalue weighted by Crippen LogP contribution is -2.61. The number of nitrogens with zero attached hydrogens (tertiary/aromatic N) is 2. The highest BCUT2D eigenvalue weighted by Gasteiger charge is 2.35. The summed E-state index contributed by atoms with van der Waals surface area (Å²) >= 11 is 5.25. The van der Waals surface area contributed by atoms with E-state index in [-0.39, 0.29) is 18.3 Å². The van der Waals surface area contributed by atoms with Gasteiger partial charge in [-0.3, -0.25) is 4.90 Å². The largest absolute Gasteiger partial charge is 0.490 e. The number of likely N-dealkylation sites (tertiary alicyclic amines) is 1. The third kappa shape index (κ3) is 7.95. The minimum absolute atomic E-state index is 0.0341. The zero-order chi connectivity index (χ0) is 37.0. The molecule has 8 rings (SSSR count). The van der Waals surface area contributed by atoms with Crippen LogP contribution in [-0.2, 0) is 18.2 Å². The highest BCUT2D eigenvalue weighted by atomic mass is 79.9. The van der Waals surface area contributed by atoms with Crippen molar-refractivity contribution in [3.8, 4) is 33.4 Å². The minimum atomic E-state index is -1.10. The highest BCUT2D eigenvalue weighted by molar-refractivity contribution is 9.10. The van der Waals surface area contributed by atoms with Gasteiger partial charge in [-0.15, -0.1) is 11.3 Å². The highest BCUT2D eigenvalue weighted by Crippen LogP contribution is 2.47. The molecular formula is C43H38BrFN2O6S. The van der Waals surface area contributed by atoms with Crippen molar-refractivity contribution >= 4 is 49.0 Å². The Kier molecular flexibility index (Phi) is 10.8. The maximum Gasteiger partial charge on any atom is 0.379 e. The van der Waals surface area contributed by atoms with Crippen LogP contribution in [0.15, 0.2) is 120 Å². The Hall–Kier alpha value is -4.94. The molecule has 0 bridgehead atoms. The molecule has 0 atom stereocenters. The first-order valence-corrected chi connectivity index (χ1v) is 19.5. The van der Waals surface area contributed by atoms with Crippen molar-refractivity contribution in [2.75, 3.05) is 31.1 Å². The predicted molar refractivity (Wildman–Crippen MR) is 212 cm³/mol. The SMILES string of the molecule is O=C(OF)c1ccc(N2CC(N3CCC(Oc4ccc(Oc5c(-c6ccc(Br)cc6)sc6cc(OCc7ccccc7)ccc56)cc4)CC3)C2)cc1CO. The Morgan fingerprint density at radius 1 is 0.852 bits per heavy atom. The van der Waals surface area contributed by atoms with E-state index in [1.54, 1.807) is 23.5 Å². The van der Waals surface area contributed by atoms with Crippen LogP contribution in [0.25, 0.3) is 20.5 Å². The summed E-state index contributed by atoms with van der Waals surface area (Å²) in [4.78, 5) is 20.7. The molecule has 0 amide bonds. The first-order chi connectivity index (χ1) is 26.4. The lowest BCUT2D eigenvalue weighted by atomic mass is 9.99. The molecule has 2 aliphatic rings. The molecule has 1 aromatic heterocycles. The van der Waals surface area contributed by atoms with Gasteiger partial charge in [0.1, 0.15) is 30.0 Å². The molecule has 1 N–H and O–H groups in total. The third-order valence-corrected chi connectivity index (χ3v) is 11.8. The van der Waals surface area contributed by atoms with E-state index < -0.39 is 5.97 Å². The van der Waals surface area contributed by atoms with Gasteiger partial charge in [-0.1, -0.05) is 58.4 Å². The summed E-state index contributed by atoms with van der Waals surface area (Å²) in [6.45, 7) is 3.70. The monoisotopic (exact) mass is 808 g/mol. The maximum absolute atomic E-state index is 12.4. The molecule has 0 spiro atoms. The molecule has 11 heteroatoms. The number of fused-ring (bicyclic) bond motifs is 1. The molecule has 2 saturated heterocycles. The van der Waals surface area contributed by atoms with E-state index in [4.69, 9.17) is 14.2 Å². The number of ether oxygens (including phenoxy) is 3. The van der Waals surface area contributed by atoms with E-state index in [1.165, 1.54) is 6.07 Å². The van der Waals surface area contributed by atoms with Gasteiger partial charge in [0, 0.05) is 57.0 Å². The van der Waals surface area contributed by atoms with E-state index in [1.807, 2.05) is 60.7 Å². The summed E-state index contributed by atoms with van der Waals surface area (Å²) in [5.74, 6) is 2.08. The van der Waals surface area contributed by atoms with Gasteiger partial charge in [-0.2, -0.15) is 0 Å². The number of halogens is 2. The maximum atomic E-state index is 12.4. The number of benzene rings is 5. The van der Waals surface area contributed by atoms with E-state index >= 15 is 0 Å². The average molecular weight is 810 g/mol. The normalized spacial score (nSPS) is 15.2. The summed E-state index contributed by atoms with van der Waals surface area (Å²) in [5, 5.41) is 10.7. The number of rotatable bonds is 12. The predicted octanol–water partition coefficient (Wildman–Crippen LogP) is 9.97. The van der Waals surface area contributed by atoms with Gasteiger partial charge in [0.15, 0.2) is 5.75 Å². The Morgan fingerprint density at radius 3 is 2.30 bits per heavy atom. The second-order valence-corrected chi connectivity index (χ2v) is 15.5. The molecule has 54 heavy (non-hydrogen) atoms. The molecule has 0 saturated carbocycles. The van der Waals surface area contributed by atoms with Crippen LogP contribution in [-0.4, -0.2) is 54.3 Å². The van der Waals surface area contributed by atoms with E-state index in [0.717, 1.165) is 98.3 Å². The van der Waals surface area contributed by atoms with Gasteiger partial charge in [-0.05, 0) is 102 Å². The van der Waals surface area contributed by atoms with Crippen molar-refractivity contribution < 1.29 is 33.6 Å². The zero-order valence-corrected chi connectivity index (χ0v) is 31.7. The number of carbonyl (C=O) groups is 1. The van der Waals surface area contributed by atoms with E-state index in [9.17, 15) is 14.4 Å². The van der Waals surface area contributed by atoms with Crippen molar-refractivity contribution in [3.63, 3.8) is 0 Å². The summed E-state index contributed by atoms with van der Waals surface area (Å²) in [6, 6.07) is 37.9. The number of aliphatic hydroxyl groups excluding tert-OH is 1. The van der Waals surface area contributed by atoms with E-state index in [0.29, 0.717) is 18.2 Å². The second-order valence-electron chi connectivity index (χ2n) is 13.5. The molecule has 0 aliphatic carbocycles. The van der Waals surface area contributed by atoms with Crippen molar-refractivity contribution in [2.45, 2.75) is 38.2 Å². The van der Waals surface area contributed by atoms with Crippen LogP contribution >= 0.6 is 27.3 Å². The summed E-state index contributed by atoms with van der Waals surface area (Å²) in [7, 11) is 0. The Balaban J connectivity index is 0.881. The quantitative estimate of drug-likeness (QED) is 0.131. The molecular weight excluding hydrogens is 771 g/mol. The minimum Gasteiger partial charge on any atom is -0.490 e. The molecule has 5 aromatic carbocycles. The smallest absolute Gasteiger partial charge is 0.379 e. The molecule has 2 fully saturated rings. The van der Waals surface area contributed by atoms with Crippen molar-refractivity contribution in [2.24, 2.45) is 0 Å². The average Bonchev–Trinajstić information content (AvgIpc) is 3.55. The number of aliphatic hydroxyl groups is 1. The van der Waals surface area contributed by atoms with Crippen LogP contribution in [0.2, 0.25) is 0 Å². The molecule has 8 nitrogen and oxygen atoms in total. The van der Waals surface area contributed by atoms with Gasteiger partial charge < -0.3 is 24.2 Å². The van der Waals surface area contributed by atoms with Crippen molar-refractivity contribution in [1.82, 2.24) is 4.90 Å². The third-order valence-electron chi connectivity index (χ3n) is 10.1. The van der Waals surface area contributed by atoms with Crippen molar-refractivity contribution in [3.05, 3.63) is 136 Å². The van der Waals surface area contributed by atoms with Crippen LogP contribution in [0.4, 0.5) is 10.2 Å². The molecule has 0 unspecified atom stereocenters. The number of piperidine rings is 1. The van der Waals surface area contributed by atoms with Crippen molar-refractivity contribution in [1.29, 1.82) is 0 Å². The van der Waals surface area contributed by atoms with Gasteiger partial charge >= 0.3 is 5.97 Å². The summed E-state index contributed by atoms with van der Waals surface area (Å²) in [5.41, 5.74) is 3.48. The fourth-order valence-electron chi connectivity index (χ4n) is 7.08. The molecule has 2 aliphatic heterocycles. The van der Waals surface area contributed by atoms with Gasteiger partial charge in [-0.25, -0.2) is 9.74 Å². The Morgan fingerprint density at radius 2 is 1.57 bits per heavy atom. The molecule has 276 valence electrons. The van der Waals surface area contributed by atoms with Crippen LogP contribution in [0.1, 0.15) is 34.3 Å². The van der Waals surface area contributed by atoms with Gasteiger partial charge in [0.2, 0.25) is 0 Å². The fraction of sp³-hybridized carbons (Fsp3) is 0.233. The van der Waals surface area contributed by atoms with Crippen LogP contribution < -0.4 is 19.1 Å². The van der Waals surface area contributed by atoms with Crippen LogP contribution in [0, 0.1) is 0 Å². The number of carbonyl (C=O) groups excluding carboxylic acids is 1. The number of hydrogen-bond donors (Lipinski definition) is 1. The Labute approximate surface area is 325 Å². The first kappa shape index (κ1) is 36.1. The lowest BCUT2D eigenvalue weighted by Gasteiger charge is -2.48. The van der Waals surface area contributed by atoms with Crippen LogP contribution in [0.5, 0.6) is 23.0 Å². The molecule has 0 radical (unpaired) electrons. The van der Waals surface area contributed by atoms with Gasteiger partial charge in [0.05, 0.1) is 17.0 Å². The molecule has 3 heterocycles. The zero-order valence-electron chi connectivity index (χ0n) is 29.3. The van der Waals surface area contributed by atoms with Gasteiger partial charge in [0.25, 0.3) is 0 Å². The number of thiophene rings is 1. The first-order valence-electron chi connectivity index (χ1n) is 17.9.